The second-order valence-corrected chi connectivity index (χ2v) is 7.65. The molecular formula is C22H36IN5O2. The van der Waals surface area contributed by atoms with Crippen molar-refractivity contribution in [1.82, 2.24) is 20.9 Å². The monoisotopic (exact) mass is 529 g/mol. The number of aliphatic imine (C=N–C) groups is 1. The van der Waals surface area contributed by atoms with E-state index in [4.69, 9.17) is 0 Å². The molecule has 0 aromatic heterocycles. The summed E-state index contributed by atoms with van der Waals surface area (Å²) in [5.41, 5.74) is 1.74. The quantitative estimate of drug-likeness (QED) is 0.150. The highest BCUT2D eigenvalue weighted by molar-refractivity contribution is 14.0. The molecule has 2 atom stereocenters. The SMILES string of the molecule is CCNC(=NCCCN1C(=O)NC(C)(CC)C1=O)NC(C)c1ccc(CC)cc1.I. The van der Waals surface area contributed by atoms with Crippen LogP contribution in [-0.2, 0) is 11.2 Å². The Hall–Kier alpha value is -1.84. The number of benzene rings is 1. The van der Waals surface area contributed by atoms with Crippen molar-refractivity contribution in [1.29, 1.82) is 0 Å². The molecule has 1 aliphatic heterocycles. The van der Waals surface area contributed by atoms with Crippen LogP contribution in [0.25, 0.3) is 0 Å². The van der Waals surface area contributed by atoms with Crippen molar-refractivity contribution in [2.24, 2.45) is 4.99 Å². The number of hydrogen-bond acceptors (Lipinski definition) is 3. The smallest absolute Gasteiger partial charge is 0.325 e. The van der Waals surface area contributed by atoms with Gasteiger partial charge in [0.05, 0.1) is 6.04 Å². The number of carbonyl (C=O) groups is 2. The first kappa shape index (κ1) is 26.2. The third-order valence-electron chi connectivity index (χ3n) is 5.45. The van der Waals surface area contributed by atoms with Crippen LogP contribution in [-0.4, -0.2) is 48.0 Å². The minimum absolute atomic E-state index is 0. The van der Waals surface area contributed by atoms with E-state index in [9.17, 15) is 9.59 Å². The predicted molar refractivity (Wildman–Crippen MR) is 132 cm³/mol. The Bertz CT molecular complexity index is 738. The first-order chi connectivity index (χ1) is 13.8. The average Bonchev–Trinajstić information content (AvgIpc) is 2.94. The molecule has 1 saturated heterocycles. The van der Waals surface area contributed by atoms with E-state index in [1.165, 1.54) is 16.0 Å². The lowest BCUT2D eigenvalue weighted by atomic mass is 9.99. The Balaban J connectivity index is 0.00000450. The normalized spacial score (nSPS) is 19.9. The minimum atomic E-state index is -0.778. The molecule has 3 amide bonds. The van der Waals surface area contributed by atoms with Gasteiger partial charge in [-0.3, -0.25) is 14.7 Å². The fraction of sp³-hybridized carbons (Fsp3) is 0.591. The standard InChI is InChI=1S/C22H35N5O2.HI/c1-6-17-10-12-18(13-11-17)16(4)25-20(23-8-3)24-14-9-15-27-19(28)22(5,7-2)26-21(27)29;/h10-13,16H,6-9,14-15H2,1-5H3,(H,26,29)(H2,23,24,25);1H. The van der Waals surface area contributed by atoms with E-state index >= 15 is 0 Å². The lowest BCUT2D eigenvalue weighted by Gasteiger charge is -2.19. The summed E-state index contributed by atoms with van der Waals surface area (Å²) in [5, 5.41) is 9.45. The number of carbonyl (C=O) groups excluding carboxylic acids is 2. The molecule has 3 N–H and O–H groups in total. The largest absolute Gasteiger partial charge is 0.357 e. The van der Waals surface area contributed by atoms with Crippen LogP contribution in [0.15, 0.2) is 29.3 Å². The first-order valence-corrected chi connectivity index (χ1v) is 10.6. The number of amides is 3. The summed E-state index contributed by atoms with van der Waals surface area (Å²) in [5.74, 6) is 0.582. The molecule has 7 nitrogen and oxygen atoms in total. The number of nitrogens with one attached hydrogen (secondary N) is 3. The molecule has 1 aromatic carbocycles. The Labute approximate surface area is 197 Å². The van der Waals surface area contributed by atoms with Crippen molar-refractivity contribution in [2.75, 3.05) is 19.6 Å². The van der Waals surface area contributed by atoms with Crippen LogP contribution < -0.4 is 16.0 Å². The molecule has 0 radical (unpaired) electrons. The van der Waals surface area contributed by atoms with Gasteiger partial charge in [-0.05, 0) is 51.2 Å². The van der Waals surface area contributed by atoms with Gasteiger partial charge in [0, 0.05) is 19.6 Å². The Morgan fingerprint density at radius 2 is 1.87 bits per heavy atom. The summed E-state index contributed by atoms with van der Waals surface area (Å²) in [6.07, 6.45) is 2.23. The van der Waals surface area contributed by atoms with E-state index in [2.05, 4.69) is 59.1 Å². The van der Waals surface area contributed by atoms with Gasteiger partial charge in [0.1, 0.15) is 5.54 Å². The number of aryl methyl sites for hydroxylation is 1. The average molecular weight is 529 g/mol. The number of guanidine groups is 1. The van der Waals surface area contributed by atoms with E-state index in [1.807, 2.05) is 13.8 Å². The Morgan fingerprint density at radius 3 is 2.40 bits per heavy atom. The van der Waals surface area contributed by atoms with Crippen molar-refractivity contribution in [2.45, 2.75) is 65.5 Å². The molecule has 2 rings (SSSR count). The van der Waals surface area contributed by atoms with Crippen molar-refractivity contribution in [3.05, 3.63) is 35.4 Å². The van der Waals surface area contributed by atoms with Crippen molar-refractivity contribution < 1.29 is 9.59 Å². The summed E-state index contributed by atoms with van der Waals surface area (Å²) < 4.78 is 0. The van der Waals surface area contributed by atoms with E-state index in [0.717, 1.165) is 18.9 Å². The highest BCUT2D eigenvalue weighted by Gasteiger charge is 2.45. The summed E-state index contributed by atoms with van der Waals surface area (Å²) in [6, 6.07) is 8.40. The fourth-order valence-corrected chi connectivity index (χ4v) is 3.26. The first-order valence-electron chi connectivity index (χ1n) is 10.6. The molecule has 1 aromatic rings. The molecule has 1 aliphatic rings. The lowest BCUT2D eigenvalue weighted by molar-refractivity contribution is -0.130. The molecule has 0 spiro atoms. The zero-order valence-electron chi connectivity index (χ0n) is 18.7. The summed E-state index contributed by atoms with van der Waals surface area (Å²) in [4.78, 5) is 30.4. The van der Waals surface area contributed by atoms with Crippen LogP contribution in [0.2, 0.25) is 0 Å². The van der Waals surface area contributed by atoms with Gasteiger partial charge in [0.15, 0.2) is 5.96 Å². The molecule has 168 valence electrons. The Morgan fingerprint density at radius 1 is 1.20 bits per heavy atom. The van der Waals surface area contributed by atoms with Crippen LogP contribution in [0, 0.1) is 0 Å². The summed E-state index contributed by atoms with van der Waals surface area (Å²) in [7, 11) is 0. The van der Waals surface area contributed by atoms with Crippen LogP contribution in [0.5, 0.6) is 0 Å². The van der Waals surface area contributed by atoms with Gasteiger partial charge in [0.25, 0.3) is 5.91 Å². The van der Waals surface area contributed by atoms with Gasteiger partial charge in [-0.1, -0.05) is 38.1 Å². The predicted octanol–water partition coefficient (Wildman–Crippen LogP) is 3.59. The van der Waals surface area contributed by atoms with E-state index in [0.29, 0.717) is 25.9 Å². The molecule has 8 heteroatoms. The lowest BCUT2D eigenvalue weighted by Crippen LogP contribution is -2.43. The highest BCUT2D eigenvalue weighted by atomic mass is 127. The van der Waals surface area contributed by atoms with Crippen LogP contribution >= 0.6 is 24.0 Å². The number of hydrogen-bond donors (Lipinski definition) is 3. The third kappa shape index (κ3) is 6.58. The molecule has 0 bridgehead atoms. The van der Waals surface area contributed by atoms with Gasteiger partial charge in [-0.2, -0.15) is 0 Å². The third-order valence-corrected chi connectivity index (χ3v) is 5.45. The summed E-state index contributed by atoms with van der Waals surface area (Å²) in [6.45, 7) is 11.6. The zero-order chi connectivity index (χ0) is 21.4. The molecule has 0 saturated carbocycles. The summed E-state index contributed by atoms with van der Waals surface area (Å²) >= 11 is 0. The zero-order valence-corrected chi connectivity index (χ0v) is 21.1. The molecule has 2 unspecified atom stereocenters. The maximum absolute atomic E-state index is 12.4. The van der Waals surface area contributed by atoms with Crippen LogP contribution in [0.1, 0.15) is 64.6 Å². The van der Waals surface area contributed by atoms with Crippen molar-refractivity contribution in [3.8, 4) is 0 Å². The maximum atomic E-state index is 12.4. The number of rotatable bonds is 9. The topological polar surface area (TPSA) is 85.8 Å². The minimum Gasteiger partial charge on any atom is -0.357 e. The van der Waals surface area contributed by atoms with Gasteiger partial charge >= 0.3 is 6.03 Å². The van der Waals surface area contributed by atoms with E-state index in [1.54, 1.807) is 6.92 Å². The molecule has 1 fully saturated rings. The fourth-order valence-electron chi connectivity index (χ4n) is 3.26. The second kappa shape index (κ2) is 12.1. The van der Waals surface area contributed by atoms with Crippen LogP contribution in [0.3, 0.4) is 0 Å². The van der Waals surface area contributed by atoms with Gasteiger partial charge in [-0.15, -0.1) is 24.0 Å². The van der Waals surface area contributed by atoms with Gasteiger partial charge in [0.2, 0.25) is 0 Å². The number of halogens is 1. The molecule has 0 aliphatic carbocycles. The number of nitrogens with zero attached hydrogens (tertiary/aromatic N) is 2. The highest BCUT2D eigenvalue weighted by Crippen LogP contribution is 2.20. The number of urea groups is 1. The molecule has 30 heavy (non-hydrogen) atoms. The van der Waals surface area contributed by atoms with Crippen molar-refractivity contribution in [3.63, 3.8) is 0 Å². The van der Waals surface area contributed by atoms with E-state index in [-0.39, 0.29) is 42.0 Å². The van der Waals surface area contributed by atoms with Gasteiger partial charge in [-0.25, -0.2) is 4.79 Å². The molecular weight excluding hydrogens is 493 g/mol. The van der Waals surface area contributed by atoms with Crippen molar-refractivity contribution >= 4 is 41.9 Å². The maximum Gasteiger partial charge on any atom is 0.325 e. The molecule has 1 heterocycles. The van der Waals surface area contributed by atoms with Crippen LogP contribution in [0.4, 0.5) is 4.79 Å². The second-order valence-electron chi connectivity index (χ2n) is 7.65. The van der Waals surface area contributed by atoms with Gasteiger partial charge < -0.3 is 16.0 Å². The Kier molecular flexibility index (Phi) is 10.6. The number of imide groups is 1. The van der Waals surface area contributed by atoms with E-state index < -0.39 is 5.54 Å².